The molecule has 1 unspecified atom stereocenters. The molecular formula is C22H20Cl2N2O3. The van der Waals surface area contributed by atoms with Crippen molar-refractivity contribution in [2.45, 2.75) is 25.8 Å². The lowest BCUT2D eigenvalue weighted by molar-refractivity contribution is -0.137. The third kappa shape index (κ3) is 3.61. The van der Waals surface area contributed by atoms with E-state index in [0.717, 1.165) is 22.2 Å². The highest BCUT2D eigenvalue weighted by atomic mass is 35.5. The van der Waals surface area contributed by atoms with Gasteiger partial charge in [0.1, 0.15) is 6.54 Å². The number of hydrogen-bond donors (Lipinski definition) is 1. The Morgan fingerprint density at radius 2 is 1.93 bits per heavy atom. The van der Waals surface area contributed by atoms with Crippen molar-refractivity contribution < 1.29 is 14.7 Å². The first-order chi connectivity index (χ1) is 13.9. The van der Waals surface area contributed by atoms with Crippen LogP contribution in [0, 0.1) is 5.92 Å². The lowest BCUT2D eigenvalue weighted by Crippen LogP contribution is -2.36. The van der Waals surface area contributed by atoms with Crippen LogP contribution in [0.5, 0.6) is 0 Å². The number of nitrogens with zero attached hydrogens (tertiary/aromatic N) is 2. The topological polar surface area (TPSA) is 62.5 Å². The van der Waals surface area contributed by atoms with Crippen molar-refractivity contribution in [3.05, 3.63) is 63.8 Å². The molecule has 0 saturated heterocycles. The highest BCUT2D eigenvalue weighted by molar-refractivity contribution is 6.42. The van der Waals surface area contributed by atoms with E-state index in [0.29, 0.717) is 35.0 Å². The van der Waals surface area contributed by atoms with E-state index < -0.39 is 5.97 Å². The second kappa shape index (κ2) is 7.73. The maximum Gasteiger partial charge on any atom is 0.323 e. The number of halogens is 2. The van der Waals surface area contributed by atoms with Crippen LogP contribution in [0.4, 0.5) is 5.69 Å². The van der Waals surface area contributed by atoms with Gasteiger partial charge in [-0.25, -0.2) is 0 Å². The van der Waals surface area contributed by atoms with Crippen LogP contribution in [0.3, 0.4) is 0 Å². The molecule has 1 aliphatic carbocycles. The Morgan fingerprint density at radius 3 is 2.66 bits per heavy atom. The lowest BCUT2D eigenvalue weighted by Gasteiger charge is -2.27. The van der Waals surface area contributed by atoms with Gasteiger partial charge in [-0.05, 0) is 49.1 Å². The molecule has 5 nitrogen and oxygen atoms in total. The van der Waals surface area contributed by atoms with Crippen LogP contribution in [0.1, 0.15) is 17.7 Å². The van der Waals surface area contributed by atoms with Crippen molar-refractivity contribution in [3.8, 4) is 0 Å². The number of anilines is 1. The number of aromatic nitrogens is 1. The maximum atomic E-state index is 13.2. The van der Waals surface area contributed by atoms with Crippen molar-refractivity contribution in [1.29, 1.82) is 0 Å². The van der Waals surface area contributed by atoms with E-state index >= 15 is 0 Å². The van der Waals surface area contributed by atoms with Gasteiger partial charge in [0.15, 0.2) is 0 Å². The largest absolute Gasteiger partial charge is 0.480 e. The number of para-hydroxylation sites is 1. The molecule has 1 aromatic heterocycles. The molecule has 0 fully saturated rings. The lowest BCUT2D eigenvalue weighted by atomic mass is 9.85. The fraction of sp³-hybridized carbons (Fsp3) is 0.273. The molecule has 0 saturated carbocycles. The molecule has 1 heterocycles. The van der Waals surface area contributed by atoms with E-state index in [4.69, 9.17) is 23.2 Å². The van der Waals surface area contributed by atoms with E-state index in [9.17, 15) is 14.7 Å². The minimum atomic E-state index is -0.869. The minimum Gasteiger partial charge on any atom is -0.480 e. The minimum absolute atomic E-state index is 0.0177. The van der Waals surface area contributed by atoms with Gasteiger partial charge in [-0.3, -0.25) is 9.59 Å². The molecule has 0 bridgehead atoms. The van der Waals surface area contributed by atoms with Crippen molar-refractivity contribution in [3.63, 3.8) is 0 Å². The number of fused-ring (bicyclic) bond motifs is 3. The Labute approximate surface area is 178 Å². The summed E-state index contributed by atoms with van der Waals surface area (Å²) < 4.78 is 1.87. The van der Waals surface area contributed by atoms with Crippen LogP contribution < -0.4 is 4.90 Å². The second-order valence-electron chi connectivity index (χ2n) is 7.36. The fourth-order valence-corrected chi connectivity index (χ4v) is 4.51. The van der Waals surface area contributed by atoms with Gasteiger partial charge in [0, 0.05) is 35.2 Å². The highest BCUT2D eigenvalue weighted by Crippen LogP contribution is 2.36. The molecule has 0 spiro atoms. The Balaban J connectivity index is 1.65. The fourth-order valence-electron chi connectivity index (χ4n) is 4.22. The van der Waals surface area contributed by atoms with E-state index in [2.05, 4.69) is 0 Å². The van der Waals surface area contributed by atoms with Crippen molar-refractivity contribution in [2.75, 3.05) is 11.9 Å². The van der Waals surface area contributed by atoms with E-state index in [1.54, 1.807) is 30.1 Å². The van der Waals surface area contributed by atoms with Gasteiger partial charge < -0.3 is 14.6 Å². The predicted molar refractivity (Wildman–Crippen MR) is 115 cm³/mol. The van der Waals surface area contributed by atoms with Crippen molar-refractivity contribution in [2.24, 2.45) is 5.92 Å². The molecule has 3 aromatic rings. The average Bonchev–Trinajstić information content (AvgIpc) is 3.02. The summed E-state index contributed by atoms with van der Waals surface area (Å²) in [7, 11) is 1.74. The molecular weight excluding hydrogens is 411 g/mol. The molecule has 4 rings (SSSR count). The van der Waals surface area contributed by atoms with Crippen LogP contribution in [-0.4, -0.2) is 28.6 Å². The van der Waals surface area contributed by atoms with Crippen molar-refractivity contribution >= 4 is 51.7 Å². The first kappa shape index (κ1) is 19.8. The molecule has 0 aliphatic heterocycles. The number of aliphatic carboxylic acids is 1. The summed E-state index contributed by atoms with van der Waals surface area (Å²) in [6, 6.07) is 12.9. The zero-order chi connectivity index (χ0) is 20.7. The van der Waals surface area contributed by atoms with Gasteiger partial charge in [-0.2, -0.15) is 0 Å². The summed E-state index contributed by atoms with van der Waals surface area (Å²) in [6.07, 6.45) is 1.93. The van der Waals surface area contributed by atoms with Crippen LogP contribution in [0.15, 0.2) is 42.5 Å². The molecule has 1 amide bonds. The van der Waals surface area contributed by atoms with Crippen LogP contribution in [0.25, 0.3) is 10.9 Å². The van der Waals surface area contributed by atoms with E-state index in [1.807, 2.05) is 28.8 Å². The monoisotopic (exact) mass is 430 g/mol. The summed E-state index contributed by atoms with van der Waals surface area (Å²) in [4.78, 5) is 26.2. The zero-order valence-electron chi connectivity index (χ0n) is 15.9. The number of carbonyl (C=O) groups excluding carboxylic acids is 1. The first-order valence-electron chi connectivity index (χ1n) is 9.40. The summed E-state index contributed by atoms with van der Waals surface area (Å²) in [5, 5.41) is 11.2. The van der Waals surface area contributed by atoms with Gasteiger partial charge >= 0.3 is 5.97 Å². The Morgan fingerprint density at radius 1 is 1.17 bits per heavy atom. The average molecular weight is 431 g/mol. The number of carboxylic acid groups (broad SMARTS) is 1. The smallest absolute Gasteiger partial charge is 0.323 e. The maximum absolute atomic E-state index is 13.2. The van der Waals surface area contributed by atoms with E-state index in [-0.39, 0.29) is 18.4 Å². The third-order valence-electron chi connectivity index (χ3n) is 5.64. The molecule has 1 N–H and O–H groups in total. The number of rotatable bonds is 4. The standard InChI is InChI=1S/C22H20Cl2N2O3/c1-25(14-7-8-17(23)18(24)11-14)22(29)13-6-9-20-16(10-13)15-4-2-3-5-19(15)26(20)12-21(27)28/h2-5,7-8,11,13H,6,9-10,12H2,1H3,(H,27,28). The molecule has 0 radical (unpaired) electrons. The highest BCUT2D eigenvalue weighted by Gasteiger charge is 2.31. The normalized spacial score (nSPS) is 15.9. The molecule has 1 atom stereocenters. The number of carboxylic acids is 1. The Hall–Kier alpha value is -2.50. The van der Waals surface area contributed by atoms with Crippen LogP contribution >= 0.6 is 23.2 Å². The van der Waals surface area contributed by atoms with Gasteiger partial charge in [-0.15, -0.1) is 0 Å². The third-order valence-corrected chi connectivity index (χ3v) is 6.38. The van der Waals surface area contributed by atoms with Gasteiger partial charge in [0.05, 0.1) is 10.0 Å². The molecule has 29 heavy (non-hydrogen) atoms. The number of amides is 1. The summed E-state index contributed by atoms with van der Waals surface area (Å²) in [5.41, 5.74) is 3.71. The second-order valence-corrected chi connectivity index (χ2v) is 8.17. The number of benzene rings is 2. The number of carbonyl (C=O) groups is 2. The number of hydrogen-bond acceptors (Lipinski definition) is 2. The summed E-state index contributed by atoms with van der Waals surface area (Å²) >= 11 is 12.1. The molecule has 7 heteroatoms. The quantitative estimate of drug-likeness (QED) is 0.646. The van der Waals surface area contributed by atoms with Gasteiger partial charge in [0.2, 0.25) is 5.91 Å². The van der Waals surface area contributed by atoms with E-state index in [1.165, 1.54) is 0 Å². The molecule has 1 aliphatic rings. The van der Waals surface area contributed by atoms with Gasteiger partial charge in [0.25, 0.3) is 0 Å². The zero-order valence-corrected chi connectivity index (χ0v) is 17.4. The molecule has 150 valence electrons. The predicted octanol–water partition coefficient (Wildman–Crippen LogP) is 4.80. The Kier molecular flexibility index (Phi) is 5.28. The van der Waals surface area contributed by atoms with Crippen LogP contribution in [0.2, 0.25) is 10.0 Å². The SMILES string of the molecule is CN(C(=O)C1CCc2c(c3ccccc3n2CC(=O)O)C1)c1ccc(Cl)c(Cl)c1. The summed E-state index contributed by atoms with van der Waals surface area (Å²) in [5.74, 6) is -1.03. The summed E-state index contributed by atoms with van der Waals surface area (Å²) in [6.45, 7) is -0.0718. The molecule has 2 aromatic carbocycles. The van der Waals surface area contributed by atoms with Crippen LogP contribution in [-0.2, 0) is 29.0 Å². The van der Waals surface area contributed by atoms with Gasteiger partial charge in [-0.1, -0.05) is 41.4 Å². The van der Waals surface area contributed by atoms with Crippen molar-refractivity contribution in [1.82, 2.24) is 4.57 Å². The Bertz CT molecular complexity index is 1120. The first-order valence-corrected chi connectivity index (χ1v) is 10.2.